The maximum absolute atomic E-state index is 12.8. The van der Waals surface area contributed by atoms with E-state index in [0.717, 1.165) is 11.3 Å². The lowest BCUT2D eigenvalue weighted by Gasteiger charge is -2.28. The first-order valence-electron chi connectivity index (χ1n) is 10.3. The summed E-state index contributed by atoms with van der Waals surface area (Å²) in [5.41, 5.74) is 0.654. The number of hydrogen-bond acceptors (Lipinski definition) is 7. The molecule has 1 aromatic heterocycles. The molecule has 4 rings (SSSR count). The number of halogens is 3. The van der Waals surface area contributed by atoms with E-state index >= 15 is 0 Å². The number of rotatable bonds is 8. The van der Waals surface area contributed by atoms with Crippen LogP contribution in [0.1, 0.15) is 9.67 Å². The number of morpholine rings is 1. The van der Waals surface area contributed by atoms with E-state index in [4.69, 9.17) is 25.8 Å². The molecule has 2 aliphatic rings. The Balaban J connectivity index is 1.48. The van der Waals surface area contributed by atoms with Gasteiger partial charge in [-0.15, -0.1) is 11.3 Å². The van der Waals surface area contributed by atoms with Gasteiger partial charge < -0.3 is 24.4 Å². The Bertz CT molecular complexity index is 1080. The molecule has 13 heteroatoms. The van der Waals surface area contributed by atoms with Crippen LogP contribution in [0.2, 0.25) is 4.34 Å². The average molecular weight is 516 g/mol. The van der Waals surface area contributed by atoms with E-state index in [2.05, 4.69) is 5.32 Å². The monoisotopic (exact) mass is 515 g/mol. The van der Waals surface area contributed by atoms with Gasteiger partial charge in [-0.1, -0.05) is 11.6 Å². The third-order valence-electron chi connectivity index (χ3n) is 5.06. The standard InChI is InChI=1S/C21H20ClF2N3O6S/c22-17-4-3-16(34-17)20(29)25-8-13-9-27(21(30)33-13)14-2-1-12(7-15(14)32-10-18(23)24)26-5-6-31-11-19(26)28/h1-4,7,13,18H,5-6,8-11H2,(H,25,29)/t13-/m0/s1. The molecule has 1 aromatic carbocycles. The molecule has 182 valence electrons. The number of cyclic esters (lactones) is 1. The molecule has 3 heterocycles. The van der Waals surface area contributed by atoms with Gasteiger partial charge in [0.05, 0.1) is 34.6 Å². The van der Waals surface area contributed by atoms with Crippen molar-refractivity contribution in [3.05, 3.63) is 39.5 Å². The van der Waals surface area contributed by atoms with Crippen molar-refractivity contribution < 1.29 is 37.4 Å². The summed E-state index contributed by atoms with van der Waals surface area (Å²) < 4.78 is 41.9. The van der Waals surface area contributed by atoms with Crippen molar-refractivity contribution in [2.45, 2.75) is 12.5 Å². The first-order chi connectivity index (χ1) is 16.3. The highest BCUT2D eigenvalue weighted by Crippen LogP contribution is 2.36. The molecule has 1 N–H and O–H groups in total. The number of hydrogen-bond donors (Lipinski definition) is 1. The average Bonchev–Trinajstić information content (AvgIpc) is 3.41. The normalized spacial score (nSPS) is 18.4. The molecule has 1 atom stereocenters. The van der Waals surface area contributed by atoms with E-state index in [1.54, 1.807) is 18.2 Å². The fourth-order valence-corrected chi connectivity index (χ4v) is 4.47. The molecule has 2 aliphatic heterocycles. The van der Waals surface area contributed by atoms with E-state index in [0.29, 0.717) is 28.1 Å². The van der Waals surface area contributed by atoms with Crippen molar-refractivity contribution in [3.63, 3.8) is 0 Å². The summed E-state index contributed by atoms with van der Waals surface area (Å²) in [4.78, 5) is 40.0. The van der Waals surface area contributed by atoms with E-state index in [1.807, 2.05) is 0 Å². The van der Waals surface area contributed by atoms with Crippen LogP contribution in [0.25, 0.3) is 0 Å². The minimum atomic E-state index is -2.74. The Morgan fingerprint density at radius 3 is 2.79 bits per heavy atom. The van der Waals surface area contributed by atoms with Gasteiger partial charge in [-0.3, -0.25) is 14.5 Å². The Labute approximate surface area is 202 Å². The van der Waals surface area contributed by atoms with Gasteiger partial charge in [0.15, 0.2) is 0 Å². The minimum Gasteiger partial charge on any atom is -0.485 e. The summed E-state index contributed by atoms with van der Waals surface area (Å²) in [6, 6.07) is 7.73. The number of amides is 3. The number of alkyl halides is 2. The number of anilines is 2. The van der Waals surface area contributed by atoms with Gasteiger partial charge in [0.2, 0.25) is 0 Å². The lowest BCUT2D eigenvalue weighted by Crippen LogP contribution is -2.41. The largest absolute Gasteiger partial charge is 0.485 e. The Morgan fingerprint density at radius 1 is 1.26 bits per heavy atom. The summed E-state index contributed by atoms with van der Waals surface area (Å²) in [6.07, 6.45) is -4.12. The minimum absolute atomic E-state index is 0.00644. The van der Waals surface area contributed by atoms with E-state index in [9.17, 15) is 23.2 Å². The summed E-state index contributed by atoms with van der Waals surface area (Å²) in [5, 5.41) is 2.68. The molecule has 0 spiro atoms. The number of thiophene rings is 1. The predicted molar refractivity (Wildman–Crippen MR) is 120 cm³/mol. The van der Waals surface area contributed by atoms with Crippen molar-refractivity contribution in [3.8, 4) is 5.75 Å². The molecule has 0 saturated carbocycles. The maximum Gasteiger partial charge on any atom is 0.414 e. The molecule has 9 nitrogen and oxygen atoms in total. The lowest BCUT2D eigenvalue weighted by atomic mass is 10.2. The van der Waals surface area contributed by atoms with Crippen LogP contribution in [-0.4, -0.2) is 69.9 Å². The van der Waals surface area contributed by atoms with Crippen molar-refractivity contribution in [2.24, 2.45) is 0 Å². The molecule has 2 saturated heterocycles. The molecular weight excluding hydrogens is 496 g/mol. The van der Waals surface area contributed by atoms with Crippen LogP contribution in [-0.2, 0) is 14.3 Å². The zero-order chi connectivity index (χ0) is 24.2. The highest BCUT2D eigenvalue weighted by Gasteiger charge is 2.35. The van der Waals surface area contributed by atoms with Crippen molar-refractivity contribution >= 4 is 52.2 Å². The smallest absolute Gasteiger partial charge is 0.414 e. The second-order valence-corrected chi connectivity index (χ2v) is 9.10. The zero-order valence-corrected chi connectivity index (χ0v) is 19.2. The van der Waals surface area contributed by atoms with Gasteiger partial charge in [-0.25, -0.2) is 13.6 Å². The summed E-state index contributed by atoms with van der Waals surface area (Å²) in [7, 11) is 0. The Morgan fingerprint density at radius 2 is 2.09 bits per heavy atom. The Hall–Kier alpha value is -2.96. The zero-order valence-electron chi connectivity index (χ0n) is 17.7. The predicted octanol–water partition coefficient (Wildman–Crippen LogP) is 3.16. The quantitative estimate of drug-likeness (QED) is 0.580. The molecule has 34 heavy (non-hydrogen) atoms. The van der Waals surface area contributed by atoms with Crippen LogP contribution >= 0.6 is 22.9 Å². The number of ether oxygens (including phenoxy) is 3. The molecule has 2 aromatic rings. The topological polar surface area (TPSA) is 97.4 Å². The first kappa shape index (κ1) is 24.2. The molecule has 0 aliphatic carbocycles. The van der Waals surface area contributed by atoms with Crippen molar-refractivity contribution in [2.75, 3.05) is 49.3 Å². The molecule has 3 amide bonds. The fraction of sp³-hybridized carbons (Fsp3) is 0.381. The molecule has 0 radical (unpaired) electrons. The van der Waals surface area contributed by atoms with Crippen LogP contribution in [0.5, 0.6) is 5.75 Å². The van der Waals surface area contributed by atoms with Crippen LogP contribution in [0, 0.1) is 0 Å². The highest BCUT2D eigenvalue weighted by molar-refractivity contribution is 7.18. The third kappa shape index (κ3) is 5.57. The second-order valence-electron chi connectivity index (χ2n) is 7.38. The molecule has 0 bridgehead atoms. The van der Waals surface area contributed by atoms with E-state index in [1.165, 1.54) is 21.9 Å². The summed E-state index contributed by atoms with van der Waals surface area (Å²) >= 11 is 6.96. The van der Waals surface area contributed by atoms with Crippen LogP contribution in [0.3, 0.4) is 0 Å². The summed E-state index contributed by atoms with van der Waals surface area (Å²) in [6.45, 7) is -0.229. The fourth-order valence-electron chi connectivity index (χ4n) is 3.51. The number of carbonyl (C=O) groups is 3. The van der Waals surface area contributed by atoms with Gasteiger partial charge in [0.1, 0.15) is 25.1 Å². The second kappa shape index (κ2) is 10.5. The molecule has 0 unspecified atom stereocenters. The highest BCUT2D eigenvalue weighted by atomic mass is 35.5. The first-order valence-corrected chi connectivity index (χ1v) is 11.5. The van der Waals surface area contributed by atoms with Crippen molar-refractivity contribution in [1.82, 2.24) is 5.32 Å². The van der Waals surface area contributed by atoms with Gasteiger partial charge >= 0.3 is 6.09 Å². The SMILES string of the molecule is O=C(NC[C@H]1CN(c2ccc(N3CCOCC3=O)cc2OCC(F)F)C(=O)O1)c1ccc(Cl)s1. The van der Waals surface area contributed by atoms with Crippen molar-refractivity contribution in [1.29, 1.82) is 0 Å². The van der Waals surface area contributed by atoms with Crippen LogP contribution in [0.15, 0.2) is 30.3 Å². The van der Waals surface area contributed by atoms with E-state index in [-0.39, 0.29) is 42.9 Å². The number of nitrogens with zero attached hydrogens (tertiary/aromatic N) is 2. The summed E-state index contributed by atoms with van der Waals surface area (Å²) in [5.74, 6) is -0.624. The van der Waals surface area contributed by atoms with Gasteiger partial charge in [0.25, 0.3) is 18.2 Å². The maximum atomic E-state index is 12.8. The molecular formula is C21H20ClF2N3O6S. The lowest BCUT2D eigenvalue weighted by molar-refractivity contribution is -0.125. The molecule has 2 fully saturated rings. The number of benzene rings is 1. The van der Waals surface area contributed by atoms with Gasteiger partial charge in [0, 0.05) is 18.3 Å². The number of nitrogens with one attached hydrogen (secondary N) is 1. The third-order valence-corrected chi connectivity index (χ3v) is 6.29. The van der Waals surface area contributed by atoms with Crippen LogP contribution in [0.4, 0.5) is 25.0 Å². The van der Waals surface area contributed by atoms with E-state index < -0.39 is 25.2 Å². The van der Waals surface area contributed by atoms with Gasteiger partial charge in [-0.05, 0) is 24.3 Å². The van der Waals surface area contributed by atoms with Crippen LogP contribution < -0.4 is 19.9 Å². The van der Waals surface area contributed by atoms with Gasteiger partial charge in [-0.2, -0.15) is 0 Å². The Kier molecular flexibility index (Phi) is 7.49. The number of carbonyl (C=O) groups excluding carboxylic acids is 3.